The number of oxime groups is 1. The number of benzene rings is 1. The lowest BCUT2D eigenvalue weighted by Gasteiger charge is -2.22. The smallest absolute Gasteiger partial charge is 0.257 e. The summed E-state index contributed by atoms with van der Waals surface area (Å²) in [4.78, 5) is 13.9. The number of amides is 1. The SMILES string of the molecule is COCCN(CCC(N)=NO)C(=O)c1ccc(Cl)cc1O. The number of hydrogen-bond donors (Lipinski definition) is 3. The third-order valence-electron chi connectivity index (χ3n) is 2.81. The minimum atomic E-state index is -0.382. The van der Waals surface area contributed by atoms with Crippen LogP contribution in [0.4, 0.5) is 0 Å². The first-order valence-electron chi connectivity index (χ1n) is 6.22. The van der Waals surface area contributed by atoms with E-state index in [2.05, 4.69) is 5.16 Å². The van der Waals surface area contributed by atoms with Gasteiger partial charge in [-0.05, 0) is 18.2 Å². The third-order valence-corrected chi connectivity index (χ3v) is 3.04. The number of nitrogens with two attached hydrogens (primary N) is 1. The fourth-order valence-electron chi connectivity index (χ4n) is 1.67. The number of carbonyl (C=O) groups is 1. The summed E-state index contributed by atoms with van der Waals surface area (Å²) >= 11 is 5.74. The van der Waals surface area contributed by atoms with Crippen molar-refractivity contribution in [3.05, 3.63) is 28.8 Å². The van der Waals surface area contributed by atoms with Gasteiger partial charge in [0.25, 0.3) is 5.91 Å². The first kappa shape index (κ1) is 17.1. The number of ether oxygens (including phenoxy) is 1. The number of aromatic hydroxyl groups is 1. The molecule has 0 saturated carbocycles. The Bertz CT molecular complexity index is 522. The quantitative estimate of drug-likeness (QED) is 0.304. The molecule has 0 aliphatic rings. The summed E-state index contributed by atoms with van der Waals surface area (Å²) in [7, 11) is 1.52. The summed E-state index contributed by atoms with van der Waals surface area (Å²) in [6.45, 7) is 0.881. The van der Waals surface area contributed by atoms with E-state index in [-0.39, 0.29) is 36.0 Å². The molecule has 116 valence electrons. The summed E-state index contributed by atoms with van der Waals surface area (Å²) in [5.41, 5.74) is 5.54. The Morgan fingerprint density at radius 3 is 2.76 bits per heavy atom. The van der Waals surface area contributed by atoms with Crippen molar-refractivity contribution >= 4 is 23.3 Å². The normalized spacial score (nSPS) is 11.4. The van der Waals surface area contributed by atoms with Gasteiger partial charge in [-0.15, -0.1) is 0 Å². The monoisotopic (exact) mass is 315 g/mol. The number of phenols is 1. The van der Waals surface area contributed by atoms with Gasteiger partial charge in [0, 0.05) is 31.6 Å². The zero-order chi connectivity index (χ0) is 15.8. The van der Waals surface area contributed by atoms with Gasteiger partial charge in [0.15, 0.2) is 0 Å². The second-order valence-electron chi connectivity index (χ2n) is 4.29. The number of hydrogen-bond acceptors (Lipinski definition) is 5. The van der Waals surface area contributed by atoms with Gasteiger partial charge >= 0.3 is 0 Å². The van der Waals surface area contributed by atoms with Crippen molar-refractivity contribution in [2.24, 2.45) is 10.9 Å². The average molecular weight is 316 g/mol. The molecule has 0 heterocycles. The molecule has 0 spiro atoms. The van der Waals surface area contributed by atoms with Crippen LogP contribution in [-0.2, 0) is 4.74 Å². The second-order valence-corrected chi connectivity index (χ2v) is 4.72. The van der Waals surface area contributed by atoms with Gasteiger partial charge in [0.1, 0.15) is 11.6 Å². The third kappa shape index (κ3) is 5.13. The van der Waals surface area contributed by atoms with E-state index in [4.69, 9.17) is 27.3 Å². The predicted molar refractivity (Wildman–Crippen MR) is 78.9 cm³/mol. The van der Waals surface area contributed by atoms with Crippen LogP contribution in [-0.4, -0.2) is 53.8 Å². The molecule has 1 rings (SSSR count). The van der Waals surface area contributed by atoms with Gasteiger partial charge in [-0.3, -0.25) is 4.79 Å². The highest BCUT2D eigenvalue weighted by atomic mass is 35.5. The molecule has 0 aromatic heterocycles. The maximum atomic E-state index is 12.4. The lowest BCUT2D eigenvalue weighted by Crippen LogP contribution is -2.36. The first-order valence-corrected chi connectivity index (χ1v) is 6.60. The van der Waals surface area contributed by atoms with E-state index in [1.165, 1.54) is 30.2 Å². The van der Waals surface area contributed by atoms with E-state index < -0.39 is 0 Å². The molecular formula is C13H18ClN3O4. The van der Waals surface area contributed by atoms with Crippen LogP contribution >= 0.6 is 11.6 Å². The molecule has 0 aliphatic carbocycles. The van der Waals surface area contributed by atoms with Crippen molar-refractivity contribution in [1.82, 2.24) is 4.90 Å². The number of nitrogens with zero attached hydrogens (tertiary/aromatic N) is 2. The molecule has 8 heteroatoms. The van der Waals surface area contributed by atoms with E-state index >= 15 is 0 Å². The maximum absolute atomic E-state index is 12.4. The van der Waals surface area contributed by atoms with Crippen molar-refractivity contribution < 1.29 is 19.8 Å². The fraction of sp³-hybridized carbons (Fsp3) is 0.385. The van der Waals surface area contributed by atoms with Gasteiger partial charge in [0.05, 0.1) is 12.2 Å². The number of phenolic OH excluding ortho intramolecular Hbond substituents is 1. The Balaban J connectivity index is 2.87. The lowest BCUT2D eigenvalue weighted by molar-refractivity contribution is 0.0697. The highest BCUT2D eigenvalue weighted by Gasteiger charge is 2.19. The zero-order valence-electron chi connectivity index (χ0n) is 11.6. The van der Waals surface area contributed by atoms with Crippen molar-refractivity contribution in [1.29, 1.82) is 0 Å². The van der Waals surface area contributed by atoms with Crippen molar-refractivity contribution in [3.63, 3.8) is 0 Å². The molecule has 4 N–H and O–H groups in total. The van der Waals surface area contributed by atoms with E-state index in [0.29, 0.717) is 18.2 Å². The molecule has 0 radical (unpaired) electrons. The van der Waals surface area contributed by atoms with Crippen molar-refractivity contribution in [2.45, 2.75) is 6.42 Å². The molecule has 0 atom stereocenters. The molecule has 21 heavy (non-hydrogen) atoms. The van der Waals surface area contributed by atoms with Gasteiger partial charge in [-0.1, -0.05) is 16.8 Å². The van der Waals surface area contributed by atoms with Crippen molar-refractivity contribution in [2.75, 3.05) is 26.8 Å². The maximum Gasteiger partial charge on any atom is 0.257 e. The Hall–Kier alpha value is -1.99. The van der Waals surface area contributed by atoms with Crippen LogP contribution in [0.5, 0.6) is 5.75 Å². The molecule has 7 nitrogen and oxygen atoms in total. The lowest BCUT2D eigenvalue weighted by atomic mass is 10.1. The molecular weight excluding hydrogens is 298 g/mol. The van der Waals surface area contributed by atoms with Gasteiger partial charge in [0.2, 0.25) is 0 Å². The molecule has 0 unspecified atom stereocenters. The van der Waals surface area contributed by atoms with Crippen LogP contribution in [0, 0.1) is 0 Å². The van der Waals surface area contributed by atoms with Gasteiger partial charge < -0.3 is 25.7 Å². The number of amidine groups is 1. The largest absolute Gasteiger partial charge is 0.507 e. The number of rotatable bonds is 7. The molecule has 0 aliphatic heterocycles. The highest BCUT2D eigenvalue weighted by molar-refractivity contribution is 6.30. The van der Waals surface area contributed by atoms with E-state index in [9.17, 15) is 9.90 Å². The minimum Gasteiger partial charge on any atom is -0.507 e. The second kappa shape index (κ2) is 8.33. The molecule has 1 aromatic rings. The van der Waals surface area contributed by atoms with Crippen LogP contribution < -0.4 is 5.73 Å². The van der Waals surface area contributed by atoms with Crippen LogP contribution in [0.2, 0.25) is 5.02 Å². The topological polar surface area (TPSA) is 108 Å². The Morgan fingerprint density at radius 2 is 2.19 bits per heavy atom. The van der Waals surface area contributed by atoms with E-state index in [0.717, 1.165) is 0 Å². The average Bonchev–Trinajstić information content (AvgIpc) is 2.46. The number of halogens is 1. The molecule has 1 aromatic carbocycles. The first-order chi connectivity index (χ1) is 9.99. The molecule has 0 fully saturated rings. The van der Waals surface area contributed by atoms with E-state index in [1.807, 2.05) is 0 Å². The standard InChI is InChI=1S/C13H18ClN3O4/c1-21-7-6-17(5-4-12(15)16-20)13(19)10-3-2-9(14)8-11(10)18/h2-3,8,18,20H,4-7H2,1H3,(H2,15,16). The van der Waals surface area contributed by atoms with Gasteiger partial charge in [-0.2, -0.15) is 0 Å². The summed E-state index contributed by atoms with van der Waals surface area (Å²) in [5.74, 6) is -0.559. The number of methoxy groups -OCH3 is 1. The van der Waals surface area contributed by atoms with E-state index in [1.54, 1.807) is 0 Å². The molecule has 0 saturated heterocycles. The van der Waals surface area contributed by atoms with Crippen LogP contribution in [0.15, 0.2) is 23.4 Å². The van der Waals surface area contributed by atoms with Crippen LogP contribution in [0.25, 0.3) is 0 Å². The summed E-state index contributed by atoms with van der Waals surface area (Å²) in [6.07, 6.45) is 0.209. The van der Waals surface area contributed by atoms with Crippen LogP contribution in [0.3, 0.4) is 0 Å². The summed E-state index contributed by atoms with van der Waals surface area (Å²) in [5, 5.41) is 21.5. The Labute approximate surface area is 127 Å². The minimum absolute atomic E-state index is 0.0190. The van der Waals surface area contributed by atoms with Crippen molar-refractivity contribution in [3.8, 4) is 5.75 Å². The zero-order valence-corrected chi connectivity index (χ0v) is 12.4. The Kier molecular flexibility index (Phi) is 6.77. The Morgan fingerprint density at radius 1 is 1.48 bits per heavy atom. The molecule has 1 amide bonds. The van der Waals surface area contributed by atoms with Gasteiger partial charge in [-0.25, -0.2) is 0 Å². The summed E-state index contributed by atoms with van der Waals surface area (Å²) in [6, 6.07) is 4.27. The number of carbonyl (C=O) groups excluding carboxylic acids is 1. The summed E-state index contributed by atoms with van der Waals surface area (Å²) < 4.78 is 4.95. The van der Waals surface area contributed by atoms with Crippen LogP contribution in [0.1, 0.15) is 16.8 Å². The predicted octanol–water partition coefficient (Wildman–Crippen LogP) is 1.27. The molecule has 0 bridgehead atoms. The highest BCUT2D eigenvalue weighted by Crippen LogP contribution is 2.23. The fourth-order valence-corrected chi connectivity index (χ4v) is 1.84.